The summed E-state index contributed by atoms with van der Waals surface area (Å²) < 4.78 is 0. The van der Waals surface area contributed by atoms with Crippen molar-refractivity contribution in [2.75, 3.05) is 0 Å². The molecular weight excluding hydrogens is 292 g/mol. The first-order chi connectivity index (χ1) is 9.56. The topological polar surface area (TPSA) is 42.0 Å². The van der Waals surface area contributed by atoms with Crippen molar-refractivity contribution < 1.29 is 4.79 Å². The average molecular weight is 309 g/mol. The Hall–Kier alpha value is -1.39. The molecule has 5 heteroatoms. The third-order valence-corrected chi connectivity index (χ3v) is 4.40. The van der Waals surface area contributed by atoms with Crippen molar-refractivity contribution in [1.82, 2.24) is 10.3 Å². The number of halogens is 1. The highest BCUT2D eigenvalue weighted by molar-refractivity contribution is 7.09. The van der Waals surface area contributed by atoms with Crippen molar-refractivity contribution >= 4 is 28.8 Å². The van der Waals surface area contributed by atoms with E-state index < -0.39 is 0 Å². The number of nitrogens with zero attached hydrogens (tertiary/aromatic N) is 1. The molecule has 0 aliphatic rings. The van der Waals surface area contributed by atoms with E-state index in [0.29, 0.717) is 23.9 Å². The number of aromatic nitrogens is 1. The number of amides is 1. The van der Waals surface area contributed by atoms with Gasteiger partial charge in [-0.1, -0.05) is 43.6 Å². The molecule has 0 fully saturated rings. The molecule has 20 heavy (non-hydrogen) atoms. The van der Waals surface area contributed by atoms with Gasteiger partial charge in [-0.25, -0.2) is 4.98 Å². The summed E-state index contributed by atoms with van der Waals surface area (Å²) in [6, 6.07) is 7.50. The molecule has 1 amide bonds. The van der Waals surface area contributed by atoms with E-state index in [1.54, 1.807) is 11.3 Å². The molecule has 2 aromatic rings. The van der Waals surface area contributed by atoms with E-state index in [4.69, 9.17) is 11.6 Å². The molecule has 0 bridgehead atoms. The van der Waals surface area contributed by atoms with Gasteiger partial charge in [0.2, 0.25) is 5.91 Å². The first-order valence-corrected chi connectivity index (χ1v) is 7.76. The molecule has 2 rings (SSSR count). The molecule has 3 nitrogen and oxygen atoms in total. The van der Waals surface area contributed by atoms with E-state index in [1.165, 1.54) is 0 Å². The van der Waals surface area contributed by atoms with Gasteiger partial charge in [-0.2, -0.15) is 0 Å². The number of hydrogen-bond donors (Lipinski definition) is 1. The summed E-state index contributed by atoms with van der Waals surface area (Å²) in [6.07, 6.45) is 0.313. The van der Waals surface area contributed by atoms with Crippen LogP contribution in [0.2, 0.25) is 5.02 Å². The van der Waals surface area contributed by atoms with Crippen molar-refractivity contribution in [2.45, 2.75) is 32.7 Å². The lowest BCUT2D eigenvalue weighted by Gasteiger charge is -2.06. The Morgan fingerprint density at radius 3 is 2.80 bits per heavy atom. The second kappa shape index (κ2) is 6.86. The minimum atomic E-state index is -0.0366. The molecule has 1 aromatic carbocycles. The molecular formula is C15H17ClN2OS. The van der Waals surface area contributed by atoms with Gasteiger partial charge >= 0.3 is 0 Å². The molecule has 0 unspecified atom stereocenters. The quantitative estimate of drug-likeness (QED) is 0.913. The lowest BCUT2D eigenvalue weighted by Crippen LogP contribution is -2.24. The zero-order chi connectivity index (χ0) is 14.5. The van der Waals surface area contributed by atoms with Crippen LogP contribution in [0.3, 0.4) is 0 Å². The Labute approximate surface area is 128 Å². The van der Waals surface area contributed by atoms with Gasteiger partial charge in [0, 0.05) is 22.9 Å². The Morgan fingerprint density at radius 2 is 2.15 bits per heavy atom. The largest absolute Gasteiger partial charge is 0.352 e. The van der Waals surface area contributed by atoms with E-state index in [-0.39, 0.29) is 5.91 Å². The summed E-state index contributed by atoms with van der Waals surface area (Å²) in [5, 5.41) is 6.56. The lowest BCUT2D eigenvalue weighted by atomic mass is 10.2. The summed E-state index contributed by atoms with van der Waals surface area (Å²) in [6.45, 7) is 4.64. The summed E-state index contributed by atoms with van der Waals surface area (Å²) in [4.78, 5) is 16.3. The number of nitrogens with one attached hydrogen (secondary N) is 1. The highest BCUT2D eigenvalue weighted by atomic mass is 35.5. The minimum Gasteiger partial charge on any atom is -0.352 e. The number of carbonyl (C=O) groups excluding carboxylic acids is 1. The highest BCUT2D eigenvalue weighted by Gasteiger charge is 2.10. The fourth-order valence-corrected chi connectivity index (χ4v) is 2.77. The fraction of sp³-hybridized carbons (Fsp3) is 0.333. The number of hydrogen-bond acceptors (Lipinski definition) is 3. The van der Waals surface area contributed by atoms with Crippen LogP contribution in [-0.2, 0) is 17.8 Å². The van der Waals surface area contributed by atoms with E-state index in [1.807, 2.05) is 29.6 Å². The lowest BCUT2D eigenvalue weighted by molar-refractivity contribution is -0.120. The van der Waals surface area contributed by atoms with Crippen molar-refractivity contribution in [1.29, 1.82) is 0 Å². The maximum Gasteiger partial charge on any atom is 0.226 e. The average Bonchev–Trinajstić information content (AvgIpc) is 2.86. The molecule has 1 aromatic heterocycles. The predicted octanol–water partition coefficient (Wildman–Crippen LogP) is 3.78. The van der Waals surface area contributed by atoms with Crippen LogP contribution >= 0.6 is 22.9 Å². The molecule has 1 heterocycles. The second-order valence-corrected chi connectivity index (χ2v) is 6.17. The number of benzene rings is 1. The molecule has 0 spiro atoms. The Kier molecular flexibility index (Phi) is 5.15. The van der Waals surface area contributed by atoms with Crippen LogP contribution in [0.1, 0.15) is 36.0 Å². The molecule has 1 N–H and O–H groups in total. The molecule has 0 aliphatic carbocycles. The van der Waals surface area contributed by atoms with E-state index in [9.17, 15) is 4.79 Å². The fourth-order valence-electron chi connectivity index (χ4n) is 1.73. The van der Waals surface area contributed by atoms with Crippen molar-refractivity contribution in [3.63, 3.8) is 0 Å². The van der Waals surface area contributed by atoms with Gasteiger partial charge in [-0.3, -0.25) is 4.79 Å². The van der Waals surface area contributed by atoms with Crippen LogP contribution in [-0.4, -0.2) is 10.9 Å². The van der Waals surface area contributed by atoms with Crippen molar-refractivity contribution in [3.8, 4) is 0 Å². The van der Waals surface area contributed by atoms with Gasteiger partial charge in [0.25, 0.3) is 0 Å². The van der Waals surface area contributed by atoms with Crippen molar-refractivity contribution in [3.05, 3.63) is 50.9 Å². The summed E-state index contributed by atoms with van der Waals surface area (Å²) in [5.41, 5.74) is 1.75. The summed E-state index contributed by atoms with van der Waals surface area (Å²) in [7, 11) is 0. The van der Waals surface area contributed by atoms with Gasteiger partial charge < -0.3 is 5.32 Å². The number of thiazole rings is 1. The molecule has 106 valence electrons. The van der Waals surface area contributed by atoms with Crippen molar-refractivity contribution in [2.24, 2.45) is 0 Å². The SMILES string of the molecule is CC(C)c1nc(CC(=O)NCc2ccccc2Cl)cs1. The van der Waals surface area contributed by atoms with E-state index >= 15 is 0 Å². The molecule has 0 saturated heterocycles. The Bertz CT molecular complexity index is 595. The summed E-state index contributed by atoms with van der Waals surface area (Å²) >= 11 is 7.65. The normalized spacial score (nSPS) is 10.8. The van der Waals surface area contributed by atoms with Gasteiger partial charge in [-0.05, 0) is 11.6 Å². The summed E-state index contributed by atoms with van der Waals surface area (Å²) in [5.74, 6) is 0.366. The monoisotopic (exact) mass is 308 g/mol. The Morgan fingerprint density at radius 1 is 1.40 bits per heavy atom. The van der Waals surface area contributed by atoms with Crippen LogP contribution in [0, 0.1) is 0 Å². The van der Waals surface area contributed by atoms with Gasteiger partial charge in [0.15, 0.2) is 0 Å². The van der Waals surface area contributed by atoms with Crippen LogP contribution in [0.5, 0.6) is 0 Å². The van der Waals surface area contributed by atoms with E-state index in [0.717, 1.165) is 16.3 Å². The third-order valence-electron chi connectivity index (χ3n) is 2.84. The first kappa shape index (κ1) is 15.0. The van der Waals surface area contributed by atoms with Crippen LogP contribution < -0.4 is 5.32 Å². The maximum absolute atomic E-state index is 11.9. The van der Waals surface area contributed by atoms with Gasteiger partial charge in [-0.15, -0.1) is 11.3 Å². The van der Waals surface area contributed by atoms with Crippen LogP contribution in [0.4, 0.5) is 0 Å². The zero-order valence-electron chi connectivity index (χ0n) is 11.5. The molecule has 0 saturated carbocycles. The Balaban J connectivity index is 1.88. The first-order valence-electron chi connectivity index (χ1n) is 6.50. The predicted molar refractivity (Wildman–Crippen MR) is 83.2 cm³/mol. The molecule has 0 radical (unpaired) electrons. The van der Waals surface area contributed by atoms with Gasteiger partial charge in [0.1, 0.15) is 0 Å². The smallest absolute Gasteiger partial charge is 0.226 e. The highest BCUT2D eigenvalue weighted by Crippen LogP contribution is 2.19. The van der Waals surface area contributed by atoms with Crippen LogP contribution in [0.25, 0.3) is 0 Å². The zero-order valence-corrected chi connectivity index (χ0v) is 13.1. The minimum absolute atomic E-state index is 0.0366. The number of carbonyl (C=O) groups is 1. The standard InChI is InChI=1S/C15H17ClN2OS/c1-10(2)15-18-12(9-20-15)7-14(19)17-8-11-5-3-4-6-13(11)16/h3-6,9-10H,7-8H2,1-2H3,(H,17,19). The number of rotatable bonds is 5. The second-order valence-electron chi connectivity index (χ2n) is 4.88. The molecule has 0 aliphatic heterocycles. The van der Waals surface area contributed by atoms with Gasteiger partial charge in [0.05, 0.1) is 17.1 Å². The third kappa shape index (κ3) is 4.05. The van der Waals surface area contributed by atoms with E-state index in [2.05, 4.69) is 24.1 Å². The van der Waals surface area contributed by atoms with Crippen LogP contribution in [0.15, 0.2) is 29.6 Å². The maximum atomic E-state index is 11.9. The molecule has 0 atom stereocenters.